The molecular weight excluding hydrogens is 352 g/mol. The van der Waals surface area contributed by atoms with E-state index in [-0.39, 0.29) is 18.3 Å². The first-order valence-corrected chi connectivity index (χ1v) is 8.66. The van der Waals surface area contributed by atoms with E-state index >= 15 is 0 Å². The zero-order chi connectivity index (χ0) is 19.6. The van der Waals surface area contributed by atoms with Crippen LogP contribution in [0.1, 0.15) is 5.69 Å². The van der Waals surface area contributed by atoms with E-state index in [9.17, 15) is 14.9 Å². The molecule has 1 aliphatic heterocycles. The van der Waals surface area contributed by atoms with E-state index in [1.165, 1.54) is 6.07 Å². The minimum atomic E-state index is -0.881. The van der Waals surface area contributed by atoms with Crippen molar-refractivity contribution in [3.63, 3.8) is 0 Å². The van der Waals surface area contributed by atoms with Gasteiger partial charge in [-0.15, -0.1) is 0 Å². The fourth-order valence-corrected chi connectivity index (χ4v) is 3.39. The quantitative estimate of drug-likeness (QED) is 0.601. The molecule has 0 bridgehead atoms. The number of aromatic nitrogens is 1. The molecule has 9 nitrogen and oxygen atoms in total. The number of fused-ring (bicyclic) bond motifs is 1. The topological polar surface area (TPSA) is 109 Å². The maximum atomic E-state index is 11.2. The number of aryl methyl sites for hydroxylation is 1. The first kappa shape index (κ1) is 19.0. The van der Waals surface area contributed by atoms with Crippen LogP contribution in [-0.2, 0) is 9.53 Å². The molecule has 2 heterocycles. The average molecular weight is 374 g/mol. The van der Waals surface area contributed by atoms with Crippen LogP contribution in [0.3, 0.4) is 0 Å². The molecule has 1 unspecified atom stereocenters. The third-order valence-corrected chi connectivity index (χ3v) is 4.51. The molecule has 0 saturated carbocycles. The van der Waals surface area contributed by atoms with Crippen molar-refractivity contribution < 1.29 is 19.6 Å². The Morgan fingerprint density at radius 1 is 1.48 bits per heavy atom. The van der Waals surface area contributed by atoms with Crippen LogP contribution in [0, 0.1) is 17.0 Å². The van der Waals surface area contributed by atoms with Crippen LogP contribution in [-0.4, -0.2) is 71.8 Å². The Morgan fingerprint density at radius 3 is 2.96 bits per heavy atom. The van der Waals surface area contributed by atoms with Crippen LogP contribution in [0.2, 0.25) is 0 Å². The number of carbonyl (C=O) groups is 1. The summed E-state index contributed by atoms with van der Waals surface area (Å²) in [6.07, 6.45) is -0.148. The van der Waals surface area contributed by atoms with E-state index in [4.69, 9.17) is 9.84 Å². The van der Waals surface area contributed by atoms with Gasteiger partial charge in [-0.1, -0.05) is 0 Å². The predicted molar refractivity (Wildman–Crippen MR) is 100 cm³/mol. The lowest BCUT2D eigenvalue weighted by atomic mass is 10.1. The molecule has 1 aromatic heterocycles. The second-order valence-electron chi connectivity index (χ2n) is 6.77. The van der Waals surface area contributed by atoms with Gasteiger partial charge in [-0.3, -0.25) is 24.8 Å². The molecule has 2 aromatic rings. The molecule has 144 valence electrons. The van der Waals surface area contributed by atoms with Gasteiger partial charge in [0.05, 0.1) is 29.7 Å². The van der Waals surface area contributed by atoms with E-state index in [1.54, 1.807) is 24.1 Å². The van der Waals surface area contributed by atoms with Crippen molar-refractivity contribution in [3.05, 3.63) is 40.1 Å². The maximum absolute atomic E-state index is 11.2. The summed E-state index contributed by atoms with van der Waals surface area (Å²) in [5.74, 6) is -0.881. The highest BCUT2D eigenvalue weighted by atomic mass is 16.6. The van der Waals surface area contributed by atoms with Gasteiger partial charge in [0.25, 0.3) is 5.69 Å². The molecule has 1 aliphatic rings. The van der Waals surface area contributed by atoms with Crippen molar-refractivity contribution in [1.29, 1.82) is 0 Å². The Kier molecular flexibility index (Phi) is 5.52. The number of nitro benzene ring substituents is 1. The van der Waals surface area contributed by atoms with Gasteiger partial charge in [0.15, 0.2) is 0 Å². The zero-order valence-corrected chi connectivity index (χ0v) is 15.3. The lowest BCUT2D eigenvalue weighted by molar-refractivity contribution is -0.384. The number of hydrogen-bond donors (Lipinski definition) is 1. The number of carboxylic acid groups (broad SMARTS) is 1. The van der Waals surface area contributed by atoms with Crippen molar-refractivity contribution in [1.82, 2.24) is 9.88 Å². The molecule has 1 N–H and O–H groups in total. The van der Waals surface area contributed by atoms with Crippen LogP contribution in [0.4, 0.5) is 11.4 Å². The van der Waals surface area contributed by atoms with Gasteiger partial charge in [-0.2, -0.15) is 0 Å². The second-order valence-corrected chi connectivity index (χ2v) is 6.77. The molecule has 1 saturated heterocycles. The summed E-state index contributed by atoms with van der Waals surface area (Å²) in [5, 5.41) is 20.8. The molecule has 9 heteroatoms. The number of carboxylic acids is 1. The fourth-order valence-electron chi connectivity index (χ4n) is 3.39. The smallest absolute Gasteiger partial charge is 0.317 e. The average Bonchev–Trinajstić information content (AvgIpc) is 2.60. The number of benzene rings is 1. The minimum absolute atomic E-state index is 0.0282. The Balaban J connectivity index is 1.88. The Labute approximate surface area is 156 Å². The van der Waals surface area contributed by atoms with Crippen LogP contribution in [0.5, 0.6) is 0 Å². The first-order valence-electron chi connectivity index (χ1n) is 8.66. The molecule has 1 fully saturated rings. The Morgan fingerprint density at radius 2 is 2.26 bits per heavy atom. The number of aliphatic carboxylic acids is 1. The summed E-state index contributed by atoms with van der Waals surface area (Å²) in [5.41, 5.74) is 2.45. The van der Waals surface area contributed by atoms with E-state index in [0.717, 1.165) is 16.8 Å². The highest BCUT2D eigenvalue weighted by molar-refractivity contribution is 5.93. The number of pyridine rings is 1. The van der Waals surface area contributed by atoms with Crippen LogP contribution in [0.25, 0.3) is 10.9 Å². The number of nitrogens with zero attached hydrogens (tertiary/aromatic N) is 4. The number of nitro groups is 1. The summed E-state index contributed by atoms with van der Waals surface area (Å²) in [6.45, 7) is 4.06. The summed E-state index contributed by atoms with van der Waals surface area (Å²) >= 11 is 0. The molecule has 1 atom stereocenters. The molecule has 0 radical (unpaired) electrons. The van der Waals surface area contributed by atoms with E-state index in [2.05, 4.69) is 9.88 Å². The normalized spacial score (nSPS) is 17.4. The number of anilines is 1. The third-order valence-electron chi connectivity index (χ3n) is 4.51. The van der Waals surface area contributed by atoms with Crippen molar-refractivity contribution in [2.24, 2.45) is 0 Å². The van der Waals surface area contributed by atoms with Crippen molar-refractivity contribution in [2.75, 3.05) is 44.7 Å². The molecule has 1 aromatic carbocycles. The van der Waals surface area contributed by atoms with Crippen LogP contribution in [0.15, 0.2) is 24.3 Å². The molecule has 0 spiro atoms. The molecule has 0 aliphatic carbocycles. The maximum Gasteiger partial charge on any atom is 0.317 e. The lowest BCUT2D eigenvalue weighted by Crippen LogP contribution is -2.47. The fraction of sp³-hybridized carbons (Fsp3) is 0.444. The number of non-ortho nitro benzene ring substituents is 1. The van der Waals surface area contributed by atoms with Gasteiger partial charge >= 0.3 is 5.97 Å². The van der Waals surface area contributed by atoms with Gasteiger partial charge in [-0.05, 0) is 26.1 Å². The SMILES string of the molecule is Cc1cc(N2CCOC(CN(C)CC(=O)O)C2)c2cc([N+](=O)[O-])ccc2n1. The monoisotopic (exact) mass is 374 g/mol. The second kappa shape index (κ2) is 7.85. The summed E-state index contributed by atoms with van der Waals surface area (Å²) < 4.78 is 5.79. The van der Waals surface area contributed by atoms with Gasteiger partial charge < -0.3 is 14.7 Å². The summed E-state index contributed by atoms with van der Waals surface area (Å²) in [7, 11) is 1.74. The van der Waals surface area contributed by atoms with Crippen molar-refractivity contribution in [2.45, 2.75) is 13.0 Å². The lowest BCUT2D eigenvalue weighted by Gasteiger charge is -2.36. The number of morpholine rings is 1. The van der Waals surface area contributed by atoms with Gasteiger partial charge in [0, 0.05) is 48.5 Å². The molecule has 0 amide bonds. The highest BCUT2D eigenvalue weighted by Gasteiger charge is 2.24. The number of likely N-dealkylation sites (N-methyl/N-ethyl adjacent to an activating group) is 1. The van der Waals surface area contributed by atoms with Crippen molar-refractivity contribution in [3.8, 4) is 0 Å². The minimum Gasteiger partial charge on any atom is -0.480 e. The number of hydrogen-bond acceptors (Lipinski definition) is 7. The van der Waals surface area contributed by atoms with Gasteiger partial charge in [0.2, 0.25) is 0 Å². The molecular formula is C18H22N4O5. The van der Waals surface area contributed by atoms with Gasteiger partial charge in [-0.25, -0.2) is 0 Å². The predicted octanol–water partition coefficient (Wildman–Crippen LogP) is 1.67. The summed E-state index contributed by atoms with van der Waals surface area (Å²) in [6, 6.07) is 6.61. The van der Waals surface area contributed by atoms with Crippen LogP contribution >= 0.6 is 0 Å². The van der Waals surface area contributed by atoms with E-state index in [1.807, 2.05) is 13.0 Å². The summed E-state index contributed by atoms with van der Waals surface area (Å²) in [4.78, 5) is 29.9. The van der Waals surface area contributed by atoms with E-state index in [0.29, 0.717) is 31.8 Å². The van der Waals surface area contributed by atoms with Gasteiger partial charge in [0.1, 0.15) is 0 Å². The first-order chi connectivity index (χ1) is 12.8. The number of rotatable bonds is 6. The van der Waals surface area contributed by atoms with E-state index < -0.39 is 10.9 Å². The molecule has 3 rings (SSSR count). The molecule has 27 heavy (non-hydrogen) atoms. The third kappa shape index (κ3) is 4.50. The Bertz CT molecular complexity index is 872. The zero-order valence-electron chi connectivity index (χ0n) is 15.3. The standard InChI is InChI=1S/C18H22N4O5/c1-12-7-17(15-8-13(22(25)26)3-4-16(15)19-12)21-5-6-27-14(10-21)9-20(2)11-18(23)24/h3-4,7-8,14H,5-6,9-11H2,1-2H3,(H,23,24). The Hall–Kier alpha value is -2.78. The van der Waals surface area contributed by atoms with Crippen LogP contribution < -0.4 is 4.90 Å². The van der Waals surface area contributed by atoms with Crippen molar-refractivity contribution >= 4 is 28.2 Å². The number of ether oxygens (including phenoxy) is 1. The largest absolute Gasteiger partial charge is 0.480 e. The highest BCUT2D eigenvalue weighted by Crippen LogP contribution is 2.31.